The largest absolute Gasteiger partial charge is 0.460 e. The summed E-state index contributed by atoms with van der Waals surface area (Å²) < 4.78 is 5.22. The Kier molecular flexibility index (Phi) is 4.75. The minimum atomic E-state index is -0.823. The number of esters is 1. The second kappa shape index (κ2) is 6.07. The van der Waals surface area contributed by atoms with E-state index in [-0.39, 0.29) is 0 Å². The summed E-state index contributed by atoms with van der Waals surface area (Å²) in [5, 5.41) is 3.51. The Morgan fingerprint density at radius 2 is 2.00 bits per heavy atom. The van der Waals surface area contributed by atoms with E-state index in [2.05, 4.69) is 10.0 Å². The van der Waals surface area contributed by atoms with Crippen LogP contribution in [0.3, 0.4) is 0 Å². The maximum atomic E-state index is 11.9. The highest BCUT2D eigenvalue weighted by atomic mass is 16.6. The van der Waals surface area contributed by atoms with Gasteiger partial charge in [0.25, 0.3) is 0 Å². The predicted octanol–water partition coefficient (Wildman–Crippen LogP) is 3.25. The first kappa shape index (κ1) is 14.1. The highest BCUT2D eigenvalue weighted by Crippen LogP contribution is 2.13. The van der Waals surface area contributed by atoms with Gasteiger partial charge in [-0.05, 0) is 38.3 Å². The quantitative estimate of drug-likeness (QED) is 0.354. The molecule has 1 aromatic rings. The summed E-state index contributed by atoms with van der Waals surface area (Å²) in [7, 11) is 0. The Morgan fingerprint density at radius 3 is 2.50 bits per heavy atom. The number of azide groups is 1. The van der Waals surface area contributed by atoms with Gasteiger partial charge in [0.05, 0.1) is 0 Å². The topological polar surface area (TPSA) is 75.1 Å². The van der Waals surface area contributed by atoms with E-state index in [9.17, 15) is 4.79 Å². The molecule has 0 unspecified atom stereocenters. The minimum Gasteiger partial charge on any atom is -0.460 e. The van der Waals surface area contributed by atoms with Crippen molar-refractivity contribution in [2.75, 3.05) is 0 Å². The van der Waals surface area contributed by atoms with E-state index in [0.717, 1.165) is 5.56 Å². The van der Waals surface area contributed by atoms with Crippen LogP contribution < -0.4 is 0 Å². The van der Waals surface area contributed by atoms with Gasteiger partial charge in [0.1, 0.15) is 11.6 Å². The van der Waals surface area contributed by atoms with E-state index in [1.807, 2.05) is 30.3 Å². The number of rotatable bonds is 4. The molecule has 1 atom stereocenters. The third-order valence-electron chi connectivity index (χ3n) is 2.14. The molecule has 0 fully saturated rings. The van der Waals surface area contributed by atoms with Gasteiger partial charge in [-0.1, -0.05) is 35.4 Å². The van der Waals surface area contributed by atoms with Crippen LogP contribution in [0.2, 0.25) is 0 Å². The molecule has 0 aliphatic rings. The van der Waals surface area contributed by atoms with Crippen LogP contribution >= 0.6 is 0 Å². The molecule has 0 bridgehead atoms. The van der Waals surface area contributed by atoms with E-state index in [4.69, 9.17) is 10.3 Å². The van der Waals surface area contributed by atoms with Crippen molar-refractivity contribution in [2.45, 2.75) is 38.8 Å². The van der Waals surface area contributed by atoms with Gasteiger partial charge in [0.2, 0.25) is 0 Å². The first-order chi connectivity index (χ1) is 8.42. The number of ether oxygens (including phenoxy) is 1. The first-order valence-electron chi connectivity index (χ1n) is 5.73. The fraction of sp³-hybridized carbons (Fsp3) is 0.462. The molecule has 0 aliphatic carbocycles. The molecule has 0 saturated heterocycles. The maximum Gasteiger partial charge on any atom is 0.315 e. The van der Waals surface area contributed by atoms with Crippen molar-refractivity contribution in [2.24, 2.45) is 5.11 Å². The third kappa shape index (κ3) is 4.89. The van der Waals surface area contributed by atoms with Gasteiger partial charge in [0, 0.05) is 4.91 Å². The highest BCUT2D eigenvalue weighted by Gasteiger charge is 2.24. The van der Waals surface area contributed by atoms with Crippen LogP contribution in [0.25, 0.3) is 10.4 Å². The average Bonchev–Trinajstić information content (AvgIpc) is 2.27. The Labute approximate surface area is 106 Å². The Balaban J connectivity index is 2.77. The minimum absolute atomic E-state index is 0.347. The van der Waals surface area contributed by atoms with Crippen LogP contribution in [-0.2, 0) is 16.0 Å². The number of carbonyl (C=O) groups excluding carboxylic acids is 1. The van der Waals surface area contributed by atoms with Crippen LogP contribution in [0.4, 0.5) is 0 Å². The van der Waals surface area contributed by atoms with Gasteiger partial charge in [-0.3, -0.25) is 4.79 Å². The summed E-state index contributed by atoms with van der Waals surface area (Å²) in [6.45, 7) is 5.34. The van der Waals surface area contributed by atoms with Crippen LogP contribution in [0.5, 0.6) is 0 Å². The van der Waals surface area contributed by atoms with E-state index >= 15 is 0 Å². The zero-order valence-corrected chi connectivity index (χ0v) is 10.8. The number of hydrogen-bond acceptors (Lipinski definition) is 3. The first-order valence-corrected chi connectivity index (χ1v) is 5.73. The summed E-state index contributed by atoms with van der Waals surface area (Å²) in [6, 6.07) is 8.57. The fourth-order valence-corrected chi connectivity index (χ4v) is 1.44. The molecule has 96 valence electrons. The molecule has 0 amide bonds. The lowest BCUT2D eigenvalue weighted by atomic mass is 10.1. The highest BCUT2D eigenvalue weighted by molar-refractivity contribution is 5.76. The second-order valence-electron chi connectivity index (χ2n) is 4.94. The maximum absolute atomic E-state index is 11.9. The Bertz CT molecular complexity index is 445. The van der Waals surface area contributed by atoms with Crippen molar-refractivity contribution >= 4 is 5.97 Å². The number of hydrogen-bond donors (Lipinski definition) is 0. The van der Waals surface area contributed by atoms with Crippen LogP contribution in [0, 0.1) is 0 Å². The summed E-state index contributed by atoms with van der Waals surface area (Å²) in [4.78, 5) is 14.6. The monoisotopic (exact) mass is 247 g/mol. The SMILES string of the molecule is CC(C)(C)OC(=O)[C@H](Cc1ccccc1)N=[N+]=[N-]. The van der Waals surface area contributed by atoms with Crippen LogP contribution in [-0.4, -0.2) is 17.6 Å². The predicted molar refractivity (Wildman–Crippen MR) is 68.9 cm³/mol. The van der Waals surface area contributed by atoms with Crippen molar-refractivity contribution in [3.63, 3.8) is 0 Å². The third-order valence-corrected chi connectivity index (χ3v) is 2.14. The van der Waals surface area contributed by atoms with Gasteiger partial charge in [0.15, 0.2) is 0 Å². The number of benzene rings is 1. The van der Waals surface area contributed by atoms with Crippen molar-refractivity contribution in [1.29, 1.82) is 0 Å². The van der Waals surface area contributed by atoms with E-state index in [0.29, 0.717) is 6.42 Å². The van der Waals surface area contributed by atoms with Gasteiger partial charge in [-0.15, -0.1) is 0 Å². The van der Waals surface area contributed by atoms with Crippen molar-refractivity contribution in [3.8, 4) is 0 Å². The lowest BCUT2D eigenvalue weighted by Gasteiger charge is -2.22. The van der Waals surface area contributed by atoms with Crippen LogP contribution in [0.1, 0.15) is 26.3 Å². The Morgan fingerprint density at radius 1 is 1.39 bits per heavy atom. The molecule has 1 rings (SSSR count). The second-order valence-corrected chi connectivity index (χ2v) is 4.94. The normalized spacial score (nSPS) is 12.4. The zero-order chi connectivity index (χ0) is 13.6. The van der Waals surface area contributed by atoms with E-state index < -0.39 is 17.6 Å². The summed E-state index contributed by atoms with van der Waals surface area (Å²) in [5.74, 6) is -0.496. The lowest BCUT2D eigenvalue weighted by Crippen LogP contribution is -2.31. The van der Waals surface area contributed by atoms with Gasteiger partial charge >= 0.3 is 5.97 Å². The molecule has 0 N–H and O–H groups in total. The molecular weight excluding hydrogens is 230 g/mol. The number of nitrogens with zero attached hydrogens (tertiary/aromatic N) is 3. The molecule has 5 heteroatoms. The lowest BCUT2D eigenvalue weighted by molar-refractivity contribution is -0.156. The molecule has 0 heterocycles. The van der Waals surface area contributed by atoms with Crippen molar-refractivity contribution < 1.29 is 9.53 Å². The zero-order valence-electron chi connectivity index (χ0n) is 10.8. The average molecular weight is 247 g/mol. The molecule has 0 aliphatic heterocycles. The summed E-state index contributed by atoms with van der Waals surface area (Å²) in [6.07, 6.45) is 0.347. The van der Waals surface area contributed by atoms with Crippen molar-refractivity contribution in [3.05, 3.63) is 46.3 Å². The Hall–Kier alpha value is -2.00. The fourth-order valence-electron chi connectivity index (χ4n) is 1.44. The van der Waals surface area contributed by atoms with E-state index in [1.165, 1.54) is 0 Å². The smallest absolute Gasteiger partial charge is 0.315 e. The summed E-state index contributed by atoms with van der Waals surface area (Å²) >= 11 is 0. The molecule has 1 aromatic carbocycles. The van der Waals surface area contributed by atoms with Crippen molar-refractivity contribution in [1.82, 2.24) is 0 Å². The van der Waals surface area contributed by atoms with Crippen LogP contribution in [0.15, 0.2) is 35.4 Å². The van der Waals surface area contributed by atoms with Gasteiger partial charge < -0.3 is 4.74 Å². The van der Waals surface area contributed by atoms with Gasteiger partial charge in [-0.25, -0.2) is 0 Å². The molecule has 5 nitrogen and oxygen atoms in total. The number of carbonyl (C=O) groups is 1. The van der Waals surface area contributed by atoms with Gasteiger partial charge in [-0.2, -0.15) is 0 Å². The molecule has 0 radical (unpaired) electrons. The standard InChI is InChI=1S/C13H17N3O2/c1-13(2,3)18-12(17)11(15-16-14)9-10-7-5-4-6-8-10/h4-8,11H,9H2,1-3H3/t11-/m0/s1. The molecule has 0 saturated carbocycles. The van der Waals surface area contributed by atoms with E-state index in [1.54, 1.807) is 20.8 Å². The molecule has 0 aromatic heterocycles. The molecule has 18 heavy (non-hydrogen) atoms. The molecular formula is C13H17N3O2. The summed E-state index contributed by atoms with van der Waals surface area (Å²) in [5.41, 5.74) is 8.86. The molecule has 0 spiro atoms.